The van der Waals surface area contributed by atoms with Gasteiger partial charge in [-0.15, -0.1) is 0 Å². The molecule has 5 heterocycles. The Morgan fingerprint density at radius 2 is 1.58 bits per heavy atom. The van der Waals surface area contributed by atoms with Crippen molar-refractivity contribution in [1.82, 2.24) is 10.3 Å². The highest BCUT2D eigenvalue weighted by atomic mass is 16.2. The second kappa shape index (κ2) is 8.99. The number of nitrogen functional groups attached to an aromatic ring is 1. The van der Waals surface area contributed by atoms with Crippen LogP contribution in [0.15, 0.2) is 36.5 Å². The average Bonchev–Trinajstić information content (AvgIpc) is 3.11. The van der Waals surface area contributed by atoms with Gasteiger partial charge >= 0.3 is 0 Å². The molecule has 1 aromatic heterocycles. The standard InChI is InChI=1S/C29H36N6O3/c1-28(2)25-20(4-3-5-21(25)35(27(28)38)22-7-9-24(36)32-26(22)37)34-16-12-29(13-17-34)10-14-33(15-11-29)19-6-8-23(30)31-18-19/h3-6,8,18,22H,7,9-17H2,1-2H3,(H2,30,31)(H,32,36,37). The number of nitrogens with zero attached hydrogens (tertiary/aromatic N) is 4. The van der Waals surface area contributed by atoms with Crippen LogP contribution in [-0.2, 0) is 19.8 Å². The van der Waals surface area contributed by atoms with E-state index in [4.69, 9.17) is 5.73 Å². The Morgan fingerprint density at radius 1 is 0.921 bits per heavy atom. The first kappa shape index (κ1) is 24.7. The molecular weight excluding hydrogens is 480 g/mol. The van der Waals surface area contributed by atoms with E-state index in [0.29, 0.717) is 17.7 Å². The van der Waals surface area contributed by atoms with Crippen LogP contribution >= 0.6 is 0 Å². The molecule has 0 bridgehead atoms. The van der Waals surface area contributed by atoms with Crippen molar-refractivity contribution in [3.05, 3.63) is 42.1 Å². The van der Waals surface area contributed by atoms with E-state index in [-0.39, 0.29) is 24.1 Å². The van der Waals surface area contributed by atoms with Crippen LogP contribution < -0.4 is 25.8 Å². The lowest BCUT2D eigenvalue weighted by atomic mass is 9.71. The van der Waals surface area contributed by atoms with Crippen molar-refractivity contribution in [3.63, 3.8) is 0 Å². The van der Waals surface area contributed by atoms with Crippen LogP contribution in [0, 0.1) is 5.41 Å². The van der Waals surface area contributed by atoms with Crippen molar-refractivity contribution >= 4 is 40.6 Å². The lowest BCUT2D eigenvalue weighted by Gasteiger charge is -2.48. The second-order valence-corrected chi connectivity index (χ2v) is 11.9. The Kier molecular flexibility index (Phi) is 5.85. The summed E-state index contributed by atoms with van der Waals surface area (Å²) in [5.41, 5.74) is 9.38. The summed E-state index contributed by atoms with van der Waals surface area (Å²) < 4.78 is 0. The number of benzene rings is 1. The number of hydrogen-bond donors (Lipinski definition) is 2. The van der Waals surface area contributed by atoms with E-state index >= 15 is 0 Å². The number of nitrogens with two attached hydrogens (primary N) is 1. The predicted octanol–water partition coefficient (Wildman–Crippen LogP) is 2.98. The molecule has 3 fully saturated rings. The molecule has 1 unspecified atom stereocenters. The molecule has 0 aliphatic carbocycles. The van der Waals surface area contributed by atoms with Crippen LogP contribution in [0.4, 0.5) is 22.9 Å². The summed E-state index contributed by atoms with van der Waals surface area (Å²) in [5, 5.41) is 2.42. The van der Waals surface area contributed by atoms with Crippen LogP contribution in [0.1, 0.15) is 57.9 Å². The lowest BCUT2D eigenvalue weighted by Crippen LogP contribution is -2.55. The van der Waals surface area contributed by atoms with Gasteiger partial charge in [0.05, 0.1) is 23.0 Å². The summed E-state index contributed by atoms with van der Waals surface area (Å²) in [6, 6.07) is 9.33. The summed E-state index contributed by atoms with van der Waals surface area (Å²) in [4.78, 5) is 48.8. The number of rotatable bonds is 3. The molecule has 3 amide bonds. The highest BCUT2D eigenvalue weighted by molar-refractivity contribution is 6.14. The van der Waals surface area contributed by atoms with E-state index in [0.717, 1.165) is 74.5 Å². The first-order chi connectivity index (χ1) is 18.2. The van der Waals surface area contributed by atoms with Crippen molar-refractivity contribution in [1.29, 1.82) is 0 Å². The number of imide groups is 1. The smallest absolute Gasteiger partial charge is 0.249 e. The SMILES string of the molecule is CC1(C)C(=O)N(C2CCC(=O)NC2=O)c2cccc(N3CCC4(CCN(c5ccc(N)nc5)CC4)CC3)c21. The Hall–Kier alpha value is -3.62. The number of hydrogen-bond acceptors (Lipinski definition) is 7. The van der Waals surface area contributed by atoms with E-state index < -0.39 is 11.5 Å². The minimum atomic E-state index is -0.749. The summed E-state index contributed by atoms with van der Waals surface area (Å²) in [5.74, 6) is -0.187. The van der Waals surface area contributed by atoms with Gasteiger partial charge in [0.25, 0.3) is 0 Å². The summed E-state index contributed by atoms with van der Waals surface area (Å²) in [7, 11) is 0. The number of aromatic nitrogens is 1. The molecule has 0 radical (unpaired) electrons. The topological polar surface area (TPSA) is 112 Å². The zero-order valence-electron chi connectivity index (χ0n) is 22.2. The molecule has 4 aliphatic heterocycles. The molecule has 9 nitrogen and oxygen atoms in total. The lowest BCUT2D eigenvalue weighted by molar-refractivity contribution is -0.136. The molecule has 3 N–H and O–H groups in total. The van der Waals surface area contributed by atoms with E-state index in [1.165, 1.54) is 0 Å². The molecule has 0 saturated carbocycles. The Bertz CT molecular complexity index is 1270. The zero-order valence-corrected chi connectivity index (χ0v) is 22.2. The van der Waals surface area contributed by atoms with Crippen LogP contribution in [0.2, 0.25) is 0 Å². The highest BCUT2D eigenvalue weighted by Crippen LogP contribution is 2.50. The molecule has 1 aromatic carbocycles. The van der Waals surface area contributed by atoms with Gasteiger partial charge in [-0.3, -0.25) is 24.6 Å². The van der Waals surface area contributed by atoms with Gasteiger partial charge in [-0.25, -0.2) is 4.98 Å². The molecule has 38 heavy (non-hydrogen) atoms. The molecule has 3 saturated heterocycles. The fourth-order valence-electron chi connectivity index (χ4n) is 6.93. The maximum absolute atomic E-state index is 13.7. The fraction of sp³-hybridized carbons (Fsp3) is 0.517. The first-order valence-corrected chi connectivity index (χ1v) is 13.7. The van der Waals surface area contributed by atoms with E-state index in [9.17, 15) is 14.4 Å². The number of carbonyl (C=O) groups is 3. The Labute approximate surface area is 223 Å². The quantitative estimate of drug-likeness (QED) is 0.603. The van der Waals surface area contributed by atoms with Crippen molar-refractivity contribution in [3.8, 4) is 0 Å². The maximum atomic E-state index is 13.7. The van der Waals surface area contributed by atoms with Gasteiger partial charge in [0.2, 0.25) is 17.7 Å². The van der Waals surface area contributed by atoms with Crippen LogP contribution in [0.5, 0.6) is 0 Å². The zero-order chi connectivity index (χ0) is 26.7. The van der Waals surface area contributed by atoms with E-state index in [2.05, 4.69) is 32.2 Å². The Balaban J connectivity index is 1.19. The number of pyridine rings is 1. The van der Waals surface area contributed by atoms with Crippen LogP contribution in [-0.4, -0.2) is 54.9 Å². The van der Waals surface area contributed by atoms with E-state index in [1.807, 2.05) is 38.2 Å². The van der Waals surface area contributed by atoms with Crippen molar-refractivity contribution in [2.75, 3.05) is 46.6 Å². The molecule has 2 aromatic rings. The summed E-state index contributed by atoms with van der Waals surface area (Å²) in [6.07, 6.45) is 7.03. The van der Waals surface area contributed by atoms with Crippen molar-refractivity contribution < 1.29 is 14.4 Å². The van der Waals surface area contributed by atoms with Crippen LogP contribution in [0.25, 0.3) is 0 Å². The van der Waals surface area contributed by atoms with Gasteiger partial charge in [-0.2, -0.15) is 0 Å². The predicted molar refractivity (Wildman–Crippen MR) is 147 cm³/mol. The second-order valence-electron chi connectivity index (χ2n) is 11.9. The molecule has 200 valence electrons. The molecule has 4 aliphatic rings. The van der Waals surface area contributed by atoms with Gasteiger partial charge in [0.1, 0.15) is 11.9 Å². The third-order valence-electron chi connectivity index (χ3n) is 9.31. The van der Waals surface area contributed by atoms with Gasteiger partial charge in [0.15, 0.2) is 0 Å². The Morgan fingerprint density at radius 3 is 2.21 bits per heavy atom. The third kappa shape index (κ3) is 3.99. The highest BCUT2D eigenvalue weighted by Gasteiger charge is 2.51. The minimum Gasteiger partial charge on any atom is -0.384 e. The summed E-state index contributed by atoms with van der Waals surface area (Å²) >= 11 is 0. The normalized spacial score (nSPS) is 24.5. The first-order valence-electron chi connectivity index (χ1n) is 13.7. The van der Waals surface area contributed by atoms with Gasteiger partial charge in [0, 0.05) is 43.9 Å². The number of piperidine rings is 3. The van der Waals surface area contributed by atoms with Crippen molar-refractivity contribution in [2.24, 2.45) is 5.41 Å². The van der Waals surface area contributed by atoms with Gasteiger partial charge < -0.3 is 15.5 Å². The number of amides is 3. The number of nitrogens with one attached hydrogen (secondary N) is 1. The van der Waals surface area contributed by atoms with Gasteiger partial charge in [-0.05, 0) is 75.6 Å². The summed E-state index contributed by atoms with van der Waals surface area (Å²) in [6.45, 7) is 7.85. The fourth-order valence-corrected chi connectivity index (χ4v) is 6.93. The van der Waals surface area contributed by atoms with Gasteiger partial charge in [-0.1, -0.05) is 6.07 Å². The van der Waals surface area contributed by atoms with Crippen molar-refractivity contribution in [2.45, 2.75) is 63.8 Å². The maximum Gasteiger partial charge on any atom is 0.249 e. The average molecular weight is 517 g/mol. The third-order valence-corrected chi connectivity index (χ3v) is 9.31. The monoisotopic (exact) mass is 516 g/mol. The molecular formula is C29H36N6O3. The number of carbonyl (C=O) groups excluding carboxylic acids is 3. The number of fused-ring (bicyclic) bond motifs is 1. The molecule has 6 rings (SSSR count). The molecule has 9 heteroatoms. The number of anilines is 4. The molecule has 1 spiro atoms. The molecule has 1 atom stereocenters. The van der Waals surface area contributed by atoms with Crippen LogP contribution in [0.3, 0.4) is 0 Å². The van der Waals surface area contributed by atoms with E-state index in [1.54, 1.807) is 4.90 Å². The minimum absolute atomic E-state index is 0.0764. The largest absolute Gasteiger partial charge is 0.384 e.